The molecule has 1 spiro atoms. The lowest BCUT2D eigenvalue weighted by Gasteiger charge is -2.36. The molecule has 1 aliphatic carbocycles. The second kappa shape index (κ2) is 8.42. The van der Waals surface area contributed by atoms with E-state index in [4.69, 9.17) is 4.74 Å². The first kappa shape index (κ1) is 21.3. The fourth-order valence-corrected chi connectivity index (χ4v) is 5.20. The molecule has 1 N–H and O–H groups in total. The van der Waals surface area contributed by atoms with Crippen molar-refractivity contribution in [2.45, 2.75) is 24.8 Å². The van der Waals surface area contributed by atoms with Gasteiger partial charge in [-0.25, -0.2) is 4.79 Å². The van der Waals surface area contributed by atoms with Crippen LogP contribution in [0.3, 0.4) is 0 Å². The summed E-state index contributed by atoms with van der Waals surface area (Å²) in [6, 6.07) is 15.1. The van der Waals surface area contributed by atoms with E-state index in [0.29, 0.717) is 32.6 Å². The number of hydrogen-bond donors (Lipinski definition) is 1. The summed E-state index contributed by atoms with van der Waals surface area (Å²) in [6.45, 7) is 2.24. The molecule has 172 valence electrons. The maximum atomic E-state index is 13.4. The second-order valence-electron chi connectivity index (χ2n) is 8.80. The van der Waals surface area contributed by atoms with Crippen molar-refractivity contribution in [2.24, 2.45) is 0 Å². The Balaban J connectivity index is 1.24. The van der Waals surface area contributed by atoms with Crippen molar-refractivity contribution >= 4 is 23.5 Å². The summed E-state index contributed by atoms with van der Waals surface area (Å²) in [5, 5.41) is 2.92. The normalized spacial score (nSPS) is 22.4. The minimum absolute atomic E-state index is 0.200. The van der Waals surface area contributed by atoms with Crippen LogP contribution in [0.25, 0.3) is 0 Å². The summed E-state index contributed by atoms with van der Waals surface area (Å²) in [4.78, 5) is 44.2. The SMILES string of the molecule is COc1ccc(N2CCN(C(=O)CN3C(=O)N[C@]4(CCCc5ccccc54)C3=O)CC2)cc1. The fraction of sp³-hybridized carbons (Fsp3) is 0.400. The maximum Gasteiger partial charge on any atom is 0.325 e. The summed E-state index contributed by atoms with van der Waals surface area (Å²) in [7, 11) is 1.64. The van der Waals surface area contributed by atoms with Gasteiger partial charge in [0.25, 0.3) is 5.91 Å². The molecule has 4 amide bonds. The number of rotatable bonds is 4. The number of fused-ring (bicyclic) bond motifs is 2. The zero-order valence-corrected chi connectivity index (χ0v) is 18.8. The number of nitrogens with one attached hydrogen (secondary N) is 1. The summed E-state index contributed by atoms with van der Waals surface area (Å²) in [6.07, 6.45) is 2.26. The van der Waals surface area contributed by atoms with Crippen LogP contribution in [0.2, 0.25) is 0 Å². The summed E-state index contributed by atoms with van der Waals surface area (Å²) < 4.78 is 5.21. The molecule has 0 saturated carbocycles. The van der Waals surface area contributed by atoms with Crippen LogP contribution in [0.4, 0.5) is 10.5 Å². The van der Waals surface area contributed by atoms with Gasteiger partial charge >= 0.3 is 6.03 Å². The lowest BCUT2D eigenvalue weighted by Crippen LogP contribution is -2.52. The highest BCUT2D eigenvalue weighted by atomic mass is 16.5. The zero-order valence-electron chi connectivity index (χ0n) is 18.8. The van der Waals surface area contributed by atoms with Crippen molar-refractivity contribution in [1.29, 1.82) is 0 Å². The lowest BCUT2D eigenvalue weighted by atomic mass is 9.76. The number of piperazine rings is 1. The minimum Gasteiger partial charge on any atom is -0.497 e. The van der Waals surface area contributed by atoms with Crippen molar-refractivity contribution in [2.75, 3.05) is 44.7 Å². The van der Waals surface area contributed by atoms with Gasteiger partial charge in [-0.15, -0.1) is 0 Å². The minimum atomic E-state index is -1.04. The van der Waals surface area contributed by atoms with Gasteiger partial charge in [-0.2, -0.15) is 0 Å². The molecule has 2 saturated heterocycles. The first-order valence-electron chi connectivity index (χ1n) is 11.4. The van der Waals surface area contributed by atoms with Gasteiger partial charge in [0.05, 0.1) is 7.11 Å². The van der Waals surface area contributed by atoms with Gasteiger partial charge in [0.15, 0.2) is 0 Å². The van der Waals surface area contributed by atoms with E-state index in [2.05, 4.69) is 10.2 Å². The molecule has 2 aliphatic heterocycles. The third kappa shape index (κ3) is 3.69. The van der Waals surface area contributed by atoms with Gasteiger partial charge in [0.1, 0.15) is 17.8 Å². The number of anilines is 1. The van der Waals surface area contributed by atoms with Crippen LogP contribution in [0.5, 0.6) is 5.75 Å². The topological polar surface area (TPSA) is 82.2 Å². The molecule has 0 bridgehead atoms. The molecular formula is C25H28N4O4. The number of benzene rings is 2. The number of hydrogen-bond acceptors (Lipinski definition) is 5. The molecule has 1 atom stereocenters. The summed E-state index contributed by atoms with van der Waals surface area (Å²) in [5.41, 5.74) is 1.98. The maximum absolute atomic E-state index is 13.4. The molecule has 0 aromatic heterocycles. The number of amides is 4. The van der Waals surface area contributed by atoms with Gasteiger partial charge in [0.2, 0.25) is 5.91 Å². The lowest BCUT2D eigenvalue weighted by molar-refractivity contribution is -0.139. The van der Waals surface area contributed by atoms with Gasteiger partial charge in [-0.3, -0.25) is 14.5 Å². The highest BCUT2D eigenvalue weighted by Crippen LogP contribution is 2.39. The molecule has 2 aromatic carbocycles. The average molecular weight is 449 g/mol. The Morgan fingerprint density at radius 2 is 1.76 bits per heavy atom. The Hall–Kier alpha value is -3.55. The van der Waals surface area contributed by atoms with E-state index in [1.54, 1.807) is 12.0 Å². The average Bonchev–Trinajstić information content (AvgIpc) is 3.09. The number of aryl methyl sites for hydroxylation is 1. The van der Waals surface area contributed by atoms with Crippen molar-refractivity contribution in [3.05, 3.63) is 59.7 Å². The molecule has 0 radical (unpaired) electrons. The van der Waals surface area contributed by atoms with Gasteiger partial charge in [-0.05, 0) is 54.7 Å². The standard InChI is InChI=1S/C25H28N4O4/c1-33-20-10-8-19(9-11-20)27-13-15-28(16-14-27)22(30)17-29-23(31)25(26-24(29)32)12-4-6-18-5-2-3-7-21(18)25/h2-3,5,7-11H,4,6,12-17H2,1H3,(H,26,32)/t25-/m0/s1. The number of urea groups is 1. The van der Waals surface area contributed by atoms with E-state index in [0.717, 1.165) is 40.3 Å². The van der Waals surface area contributed by atoms with E-state index in [-0.39, 0.29) is 18.4 Å². The molecule has 2 fully saturated rings. The zero-order chi connectivity index (χ0) is 23.0. The molecule has 0 unspecified atom stereocenters. The molecule has 2 heterocycles. The molecule has 2 aromatic rings. The van der Waals surface area contributed by atoms with E-state index in [1.165, 1.54) is 0 Å². The van der Waals surface area contributed by atoms with Gasteiger partial charge in [-0.1, -0.05) is 24.3 Å². The summed E-state index contributed by atoms with van der Waals surface area (Å²) >= 11 is 0. The predicted molar refractivity (Wildman–Crippen MR) is 123 cm³/mol. The number of carbonyl (C=O) groups excluding carboxylic acids is 3. The Morgan fingerprint density at radius 3 is 2.48 bits per heavy atom. The van der Waals surface area contributed by atoms with E-state index >= 15 is 0 Å². The fourth-order valence-electron chi connectivity index (χ4n) is 5.20. The Labute approximate surface area is 193 Å². The number of ether oxygens (including phenoxy) is 1. The number of imide groups is 1. The van der Waals surface area contributed by atoms with Gasteiger partial charge < -0.3 is 19.9 Å². The van der Waals surface area contributed by atoms with Crippen LogP contribution in [-0.4, -0.2) is 67.5 Å². The van der Waals surface area contributed by atoms with Crippen molar-refractivity contribution in [3.63, 3.8) is 0 Å². The highest BCUT2D eigenvalue weighted by molar-refractivity contribution is 6.09. The molecule has 5 rings (SSSR count). The quantitative estimate of drug-likeness (QED) is 0.725. The van der Waals surface area contributed by atoms with Crippen LogP contribution in [0.15, 0.2) is 48.5 Å². The summed E-state index contributed by atoms with van der Waals surface area (Å²) in [5.74, 6) is 0.290. The molecule has 3 aliphatic rings. The Bertz CT molecular complexity index is 1080. The van der Waals surface area contributed by atoms with Crippen LogP contribution in [-0.2, 0) is 21.5 Å². The van der Waals surface area contributed by atoms with Crippen LogP contribution >= 0.6 is 0 Å². The smallest absolute Gasteiger partial charge is 0.325 e. The first-order chi connectivity index (χ1) is 16.0. The number of methoxy groups -OCH3 is 1. The van der Waals surface area contributed by atoms with Crippen LogP contribution in [0, 0.1) is 0 Å². The Morgan fingerprint density at radius 1 is 1.03 bits per heavy atom. The van der Waals surface area contributed by atoms with E-state index < -0.39 is 11.6 Å². The molecule has 33 heavy (non-hydrogen) atoms. The first-order valence-corrected chi connectivity index (χ1v) is 11.4. The third-order valence-corrected chi connectivity index (χ3v) is 7.01. The van der Waals surface area contributed by atoms with Gasteiger partial charge in [0, 0.05) is 31.9 Å². The van der Waals surface area contributed by atoms with Crippen LogP contribution < -0.4 is 15.0 Å². The third-order valence-electron chi connectivity index (χ3n) is 7.01. The monoisotopic (exact) mass is 448 g/mol. The molecular weight excluding hydrogens is 420 g/mol. The highest BCUT2D eigenvalue weighted by Gasteiger charge is 2.54. The largest absolute Gasteiger partial charge is 0.497 e. The molecule has 8 heteroatoms. The Kier molecular flexibility index (Phi) is 5.44. The number of nitrogens with zero attached hydrogens (tertiary/aromatic N) is 3. The van der Waals surface area contributed by atoms with Crippen molar-refractivity contribution < 1.29 is 19.1 Å². The van der Waals surface area contributed by atoms with E-state index in [1.807, 2.05) is 48.5 Å². The van der Waals surface area contributed by atoms with Crippen molar-refractivity contribution in [1.82, 2.24) is 15.1 Å². The van der Waals surface area contributed by atoms with E-state index in [9.17, 15) is 14.4 Å². The molecule has 8 nitrogen and oxygen atoms in total. The second-order valence-corrected chi connectivity index (χ2v) is 8.80. The number of carbonyl (C=O) groups is 3. The predicted octanol–water partition coefficient (Wildman–Crippen LogP) is 2.13. The van der Waals surface area contributed by atoms with Crippen molar-refractivity contribution in [3.8, 4) is 5.75 Å². The van der Waals surface area contributed by atoms with Crippen LogP contribution in [0.1, 0.15) is 24.0 Å².